The Balaban J connectivity index is 0.000000195. The number of nitrogen functional groups attached to an aromatic ring is 1. The van der Waals surface area contributed by atoms with Crippen molar-refractivity contribution in [3.63, 3.8) is 0 Å². The number of thiazole rings is 1. The van der Waals surface area contributed by atoms with Gasteiger partial charge in [0.25, 0.3) is 7.82 Å². The number of anilines is 1. The van der Waals surface area contributed by atoms with E-state index in [9.17, 15) is 0 Å². The molecule has 0 spiro atoms. The molecule has 82 valence electrons. The van der Waals surface area contributed by atoms with Crippen LogP contribution in [-0.2, 0) is 4.57 Å². The quantitative estimate of drug-likeness (QED) is 0.554. The molecule has 0 aliphatic heterocycles. The summed E-state index contributed by atoms with van der Waals surface area (Å²) in [6.45, 7) is 0. The predicted octanol–water partition coefficient (Wildman–Crippen LogP) is -0.263. The summed E-state index contributed by atoms with van der Waals surface area (Å²) in [7, 11) is -4.89. The van der Waals surface area contributed by atoms with Gasteiger partial charge in [-0.1, -0.05) is 12.1 Å². The van der Waals surface area contributed by atoms with Crippen LogP contribution in [0.15, 0.2) is 24.3 Å². The first-order valence-electron chi connectivity index (χ1n) is 3.79. The van der Waals surface area contributed by atoms with E-state index in [1.54, 1.807) is 11.3 Å². The van der Waals surface area contributed by atoms with Crippen molar-refractivity contribution in [3.05, 3.63) is 24.3 Å². The van der Waals surface area contributed by atoms with Crippen LogP contribution in [-0.4, -0.2) is 9.79 Å². The fraction of sp³-hybridized carbons (Fsp3) is 0. The van der Waals surface area contributed by atoms with Crippen LogP contribution in [0.1, 0.15) is 0 Å². The molecule has 0 fully saturated rings. The second-order valence-electron chi connectivity index (χ2n) is 2.58. The second-order valence-corrected chi connectivity index (χ2v) is 4.64. The number of benzene rings is 1. The average molecular weight is 248 g/mol. The number of H-pyrrole nitrogens is 1. The molecule has 1 aromatic heterocycles. The van der Waals surface area contributed by atoms with Gasteiger partial charge in [-0.05, 0) is 23.5 Å². The van der Waals surface area contributed by atoms with E-state index >= 15 is 0 Å². The van der Waals surface area contributed by atoms with Crippen molar-refractivity contribution in [2.24, 2.45) is 0 Å². The summed E-state index contributed by atoms with van der Waals surface area (Å²) in [4.78, 5) is 26.0. The topological polar surface area (TPSA) is 121 Å². The van der Waals surface area contributed by atoms with Crippen molar-refractivity contribution in [3.8, 4) is 0 Å². The number of hydrogen-bond acceptors (Lipinski definition) is 4. The normalized spacial score (nSPS) is 10.9. The number of para-hydroxylation sites is 1. The van der Waals surface area contributed by atoms with Crippen molar-refractivity contribution in [1.82, 2.24) is 0 Å². The Morgan fingerprint density at radius 2 is 1.93 bits per heavy atom. The van der Waals surface area contributed by atoms with Crippen molar-refractivity contribution < 1.29 is 24.2 Å². The van der Waals surface area contributed by atoms with Crippen molar-refractivity contribution in [2.45, 2.75) is 0 Å². The highest BCUT2D eigenvalue weighted by atomic mass is 32.1. The van der Waals surface area contributed by atoms with Crippen LogP contribution in [0.4, 0.5) is 5.13 Å². The molecule has 0 bridgehead atoms. The highest BCUT2D eigenvalue weighted by Gasteiger charge is 2.01. The summed E-state index contributed by atoms with van der Waals surface area (Å²) in [6, 6.07) is 8.06. The van der Waals surface area contributed by atoms with Crippen molar-refractivity contribution >= 4 is 34.5 Å². The van der Waals surface area contributed by atoms with E-state index in [4.69, 9.17) is 25.0 Å². The van der Waals surface area contributed by atoms with E-state index in [0.717, 1.165) is 10.6 Å². The second kappa shape index (κ2) is 4.69. The first-order chi connectivity index (χ1) is 6.86. The number of aromatic amines is 1. The summed E-state index contributed by atoms with van der Waals surface area (Å²) in [5.74, 6) is 0. The molecule has 0 saturated heterocycles. The highest BCUT2D eigenvalue weighted by Crippen LogP contribution is 2.19. The third kappa shape index (κ3) is 4.87. The van der Waals surface area contributed by atoms with Gasteiger partial charge >= 0.3 is 5.13 Å². The van der Waals surface area contributed by atoms with Crippen LogP contribution in [0, 0.1) is 0 Å². The molecule has 0 radical (unpaired) electrons. The minimum Gasteiger partial charge on any atom is -0.756 e. The third-order valence-electron chi connectivity index (χ3n) is 1.36. The van der Waals surface area contributed by atoms with Crippen LogP contribution < -0.4 is 15.6 Å². The summed E-state index contributed by atoms with van der Waals surface area (Å²) in [6.07, 6.45) is 0. The van der Waals surface area contributed by atoms with E-state index in [1.807, 2.05) is 24.3 Å². The van der Waals surface area contributed by atoms with Crippen LogP contribution >= 0.6 is 19.2 Å². The molecule has 0 unspecified atom stereocenters. The summed E-state index contributed by atoms with van der Waals surface area (Å²) < 4.78 is 9.98. The highest BCUT2D eigenvalue weighted by molar-refractivity contribution is 7.43. The monoisotopic (exact) mass is 248 g/mol. The number of hydrogen-bond donors (Lipinski definition) is 3. The molecule has 0 atom stereocenters. The number of nitrogens with one attached hydrogen (secondary N) is 1. The molecule has 0 aliphatic carbocycles. The smallest absolute Gasteiger partial charge is 0.330 e. The lowest BCUT2D eigenvalue weighted by Crippen LogP contribution is -2.03. The number of nitrogens with two attached hydrogens (primary N) is 1. The van der Waals surface area contributed by atoms with Crippen LogP contribution in [0.3, 0.4) is 0 Å². The summed E-state index contributed by atoms with van der Waals surface area (Å²) in [5.41, 5.74) is 6.67. The third-order valence-corrected chi connectivity index (χ3v) is 2.26. The molecular weight excluding hydrogens is 239 g/mol. The molecule has 2 rings (SSSR count). The predicted molar refractivity (Wildman–Crippen MR) is 54.8 cm³/mol. The lowest BCUT2D eigenvalue weighted by Gasteiger charge is -2.01. The Bertz CT molecular complexity index is 453. The Morgan fingerprint density at radius 3 is 2.47 bits per heavy atom. The zero-order valence-electron chi connectivity index (χ0n) is 7.45. The number of rotatable bonds is 0. The molecule has 5 N–H and O–H groups in total. The molecule has 1 aromatic carbocycles. The van der Waals surface area contributed by atoms with Gasteiger partial charge in [0, 0.05) is 0 Å². The van der Waals surface area contributed by atoms with Gasteiger partial charge in [-0.2, -0.15) is 0 Å². The van der Waals surface area contributed by atoms with Gasteiger partial charge in [-0.15, -0.1) is 0 Å². The lowest BCUT2D eigenvalue weighted by atomic mass is 10.3. The SMILES string of the molecule is Nc1[nH+]c2ccccc2s1.O=P([O-])(O)O. The number of phosphoric acid groups is 1. The zero-order chi connectivity index (χ0) is 11.5. The molecular formula is C7H9N2O4PS. The van der Waals surface area contributed by atoms with Gasteiger partial charge in [0.15, 0.2) is 0 Å². The largest absolute Gasteiger partial charge is 0.756 e. The molecule has 0 saturated carbocycles. The zero-order valence-corrected chi connectivity index (χ0v) is 9.16. The first kappa shape index (κ1) is 12.1. The molecule has 6 nitrogen and oxygen atoms in total. The van der Waals surface area contributed by atoms with Crippen molar-refractivity contribution in [1.29, 1.82) is 0 Å². The average Bonchev–Trinajstić information content (AvgIpc) is 2.40. The Morgan fingerprint density at radius 1 is 1.40 bits per heavy atom. The van der Waals surface area contributed by atoms with Crippen LogP contribution in [0.5, 0.6) is 0 Å². The summed E-state index contributed by atoms with van der Waals surface area (Å²) >= 11 is 1.57. The fourth-order valence-corrected chi connectivity index (χ4v) is 1.71. The van der Waals surface area contributed by atoms with Gasteiger partial charge < -0.3 is 14.7 Å². The lowest BCUT2D eigenvalue weighted by molar-refractivity contribution is -0.320. The van der Waals surface area contributed by atoms with Gasteiger partial charge in [-0.25, -0.2) is 4.98 Å². The van der Waals surface area contributed by atoms with Gasteiger partial charge in [-0.3, -0.25) is 10.3 Å². The summed E-state index contributed by atoms with van der Waals surface area (Å²) in [5, 5.41) is 0.765. The fourth-order valence-electron chi connectivity index (χ4n) is 0.936. The van der Waals surface area contributed by atoms with Gasteiger partial charge in [0.2, 0.25) is 0 Å². The van der Waals surface area contributed by atoms with Crippen molar-refractivity contribution in [2.75, 3.05) is 5.73 Å². The molecule has 0 aliphatic rings. The van der Waals surface area contributed by atoms with Crippen LogP contribution in [0.2, 0.25) is 0 Å². The Kier molecular flexibility index (Phi) is 3.78. The molecule has 2 aromatic rings. The number of fused-ring (bicyclic) bond motifs is 1. The number of aromatic nitrogens is 1. The molecule has 15 heavy (non-hydrogen) atoms. The van der Waals surface area contributed by atoms with E-state index in [2.05, 4.69) is 4.98 Å². The van der Waals surface area contributed by atoms with E-state index < -0.39 is 7.82 Å². The van der Waals surface area contributed by atoms with E-state index in [-0.39, 0.29) is 0 Å². The standard InChI is InChI=1S/C7H6N2S.H3O4P/c8-7-9-5-3-1-2-4-6(5)10-7;1-5(2,3)4/h1-4H,(H2,8,9);(H3,1,2,3,4). The van der Waals surface area contributed by atoms with E-state index in [0.29, 0.717) is 0 Å². The van der Waals surface area contributed by atoms with E-state index in [1.165, 1.54) is 4.70 Å². The first-order valence-corrected chi connectivity index (χ1v) is 6.14. The van der Waals surface area contributed by atoms with Crippen LogP contribution in [0.25, 0.3) is 10.2 Å². The minimum absolute atomic E-state index is 0.765. The molecule has 1 heterocycles. The maximum Gasteiger partial charge on any atom is 0.330 e. The molecule has 8 heteroatoms. The van der Waals surface area contributed by atoms with Gasteiger partial charge in [0.1, 0.15) is 5.52 Å². The Labute approximate surface area is 89.3 Å². The molecule has 0 amide bonds. The van der Waals surface area contributed by atoms with Gasteiger partial charge in [0.05, 0.1) is 4.70 Å². The maximum atomic E-state index is 8.77. The minimum atomic E-state index is -4.89. The Hall–Kier alpha value is -0.980. The maximum absolute atomic E-state index is 8.77.